The first kappa shape index (κ1) is 12.6. The van der Waals surface area contributed by atoms with Crippen LogP contribution in [0.5, 0.6) is 0 Å². The zero-order chi connectivity index (χ0) is 13.0. The Bertz CT molecular complexity index is 537. The fraction of sp³-hybridized carbons (Fsp3) is 0.357. The van der Waals surface area contributed by atoms with Crippen LogP contribution in [0.2, 0.25) is 0 Å². The van der Waals surface area contributed by atoms with E-state index in [0.29, 0.717) is 12.4 Å². The van der Waals surface area contributed by atoms with E-state index in [4.69, 9.17) is 5.73 Å². The fourth-order valence-corrected chi connectivity index (χ4v) is 1.94. The Morgan fingerprint density at radius 3 is 2.39 bits per heavy atom. The van der Waals surface area contributed by atoms with E-state index in [1.807, 2.05) is 6.92 Å². The predicted octanol–water partition coefficient (Wildman–Crippen LogP) is 1.73. The van der Waals surface area contributed by atoms with Gasteiger partial charge in [0.15, 0.2) is 0 Å². The number of rotatable bonds is 4. The third kappa shape index (κ3) is 3.11. The van der Waals surface area contributed by atoms with Crippen molar-refractivity contribution in [2.75, 3.05) is 0 Å². The summed E-state index contributed by atoms with van der Waals surface area (Å²) in [4.78, 5) is 12.9. The number of nitrogens with zero attached hydrogens (tertiary/aromatic N) is 3. The van der Waals surface area contributed by atoms with Crippen molar-refractivity contribution in [3.8, 4) is 0 Å². The molecule has 1 heterocycles. The second kappa shape index (κ2) is 5.69. The van der Waals surface area contributed by atoms with Crippen LogP contribution in [0.15, 0.2) is 24.3 Å². The minimum absolute atomic E-state index is 0.362. The molecule has 1 aromatic carbocycles. The lowest BCUT2D eigenvalue weighted by molar-refractivity contribution is 0.762. The first-order chi connectivity index (χ1) is 8.69. The van der Waals surface area contributed by atoms with Crippen LogP contribution in [0.1, 0.15) is 28.6 Å². The van der Waals surface area contributed by atoms with Crippen LogP contribution in [0.4, 0.5) is 0 Å². The highest BCUT2D eigenvalue weighted by Crippen LogP contribution is 2.10. The van der Waals surface area contributed by atoms with Gasteiger partial charge in [-0.1, -0.05) is 24.3 Å². The summed E-state index contributed by atoms with van der Waals surface area (Å²) in [5, 5.41) is 0. The van der Waals surface area contributed by atoms with Crippen molar-refractivity contribution in [3.63, 3.8) is 0 Å². The van der Waals surface area contributed by atoms with Gasteiger partial charge < -0.3 is 5.73 Å². The van der Waals surface area contributed by atoms with Gasteiger partial charge in [-0.15, -0.1) is 0 Å². The Morgan fingerprint density at radius 2 is 1.67 bits per heavy atom. The molecule has 0 saturated heterocycles. The minimum Gasteiger partial charge on any atom is -0.324 e. The quantitative estimate of drug-likeness (QED) is 0.886. The second-order valence-corrected chi connectivity index (χ2v) is 4.35. The molecule has 0 atom stereocenters. The number of hydrogen-bond acceptors (Lipinski definition) is 4. The number of benzene rings is 1. The molecular formula is C14H18N4. The normalized spacial score (nSPS) is 10.6. The van der Waals surface area contributed by atoms with Crippen molar-refractivity contribution in [3.05, 3.63) is 52.9 Å². The van der Waals surface area contributed by atoms with E-state index >= 15 is 0 Å². The third-order valence-corrected chi connectivity index (χ3v) is 2.90. The standard InChI is InChI=1S/C14H18N4/c1-10-5-3-4-6-12(10)7-8-13-16-11(2)17-14(9-15)18-13/h3-6H,7-9,15H2,1-2H3. The van der Waals surface area contributed by atoms with Gasteiger partial charge in [0.05, 0.1) is 6.54 Å². The smallest absolute Gasteiger partial charge is 0.146 e. The second-order valence-electron chi connectivity index (χ2n) is 4.35. The summed E-state index contributed by atoms with van der Waals surface area (Å²) in [6.45, 7) is 4.36. The molecule has 0 spiro atoms. The molecule has 0 bridgehead atoms. The van der Waals surface area contributed by atoms with Gasteiger partial charge >= 0.3 is 0 Å². The maximum absolute atomic E-state index is 5.57. The molecule has 0 saturated carbocycles. The van der Waals surface area contributed by atoms with E-state index in [1.165, 1.54) is 11.1 Å². The van der Waals surface area contributed by atoms with Crippen molar-refractivity contribution in [1.29, 1.82) is 0 Å². The van der Waals surface area contributed by atoms with Crippen LogP contribution < -0.4 is 5.73 Å². The molecule has 2 aromatic rings. The monoisotopic (exact) mass is 242 g/mol. The fourth-order valence-electron chi connectivity index (χ4n) is 1.94. The maximum atomic E-state index is 5.57. The zero-order valence-electron chi connectivity index (χ0n) is 10.8. The van der Waals surface area contributed by atoms with E-state index < -0.39 is 0 Å². The molecule has 4 nitrogen and oxygen atoms in total. The van der Waals surface area contributed by atoms with Gasteiger partial charge in [0, 0.05) is 6.42 Å². The SMILES string of the molecule is Cc1nc(CN)nc(CCc2ccccc2C)n1. The predicted molar refractivity (Wildman–Crippen MR) is 71.0 cm³/mol. The molecule has 0 unspecified atom stereocenters. The van der Waals surface area contributed by atoms with Crippen LogP contribution in [0.25, 0.3) is 0 Å². The summed E-state index contributed by atoms with van der Waals surface area (Å²) in [6, 6.07) is 8.39. The van der Waals surface area contributed by atoms with Gasteiger partial charge in [-0.3, -0.25) is 0 Å². The van der Waals surface area contributed by atoms with Crippen molar-refractivity contribution in [1.82, 2.24) is 15.0 Å². The Labute approximate surface area is 107 Å². The Balaban J connectivity index is 2.11. The summed E-state index contributed by atoms with van der Waals surface area (Å²) in [6.07, 6.45) is 1.77. The van der Waals surface area contributed by atoms with Gasteiger partial charge in [-0.05, 0) is 31.4 Å². The number of nitrogens with two attached hydrogens (primary N) is 1. The van der Waals surface area contributed by atoms with Gasteiger partial charge in [-0.2, -0.15) is 0 Å². The lowest BCUT2D eigenvalue weighted by atomic mass is 10.0. The molecular weight excluding hydrogens is 224 g/mol. The summed E-state index contributed by atoms with van der Waals surface area (Å²) in [7, 11) is 0. The highest BCUT2D eigenvalue weighted by molar-refractivity contribution is 5.26. The molecule has 0 radical (unpaired) electrons. The number of aromatic nitrogens is 3. The molecule has 0 amide bonds. The van der Waals surface area contributed by atoms with Crippen molar-refractivity contribution < 1.29 is 0 Å². The highest BCUT2D eigenvalue weighted by atomic mass is 15.0. The molecule has 0 aliphatic heterocycles. The average molecular weight is 242 g/mol. The Morgan fingerprint density at radius 1 is 0.944 bits per heavy atom. The van der Waals surface area contributed by atoms with Gasteiger partial charge in [0.2, 0.25) is 0 Å². The summed E-state index contributed by atoms with van der Waals surface area (Å²) in [5.74, 6) is 2.23. The molecule has 0 aliphatic rings. The molecule has 0 fully saturated rings. The van der Waals surface area contributed by atoms with E-state index in [0.717, 1.165) is 24.5 Å². The van der Waals surface area contributed by atoms with Crippen LogP contribution in [-0.4, -0.2) is 15.0 Å². The van der Waals surface area contributed by atoms with Gasteiger partial charge in [0.1, 0.15) is 17.5 Å². The molecule has 4 heteroatoms. The lowest BCUT2D eigenvalue weighted by Gasteiger charge is -2.06. The number of aryl methyl sites for hydroxylation is 4. The van der Waals surface area contributed by atoms with Crippen LogP contribution >= 0.6 is 0 Å². The molecule has 2 rings (SSSR count). The first-order valence-corrected chi connectivity index (χ1v) is 6.14. The van der Waals surface area contributed by atoms with E-state index in [2.05, 4.69) is 46.1 Å². The molecule has 2 N–H and O–H groups in total. The van der Waals surface area contributed by atoms with Crippen molar-refractivity contribution in [2.45, 2.75) is 33.2 Å². The van der Waals surface area contributed by atoms with E-state index in [-0.39, 0.29) is 0 Å². The van der Waals surface area contributed by atoms with Crippen LogP contribution in [0.3, 0.4) is 0 Å². The summed E-state index contributed by atoms with van der Waals surface area (Å²) < 4.78 is 0. The van der Waals surface area contributed by atoms with Crippen LogP contribution in [-0.2, 0) is 19.4 Å². The van der Waals surface area contributed by atoms with Gasteiger partial charge in [0.25, 0.3) is 0 Å². The molecule has 0 aliphatic carbocycles. The van der Waals surface area contributed by atoms with Gasteiger partial charge in [-0.25, -0.2) is 15.0 Å². The number of hydrogen-bond donors (Lipinski definition) is 1. The first-order valence-electron chi connectivity index (χ1n) is 6.14. The minimum atomic E-state index is 0.362. The molecule has 1 aromatic heterocycles. The lowest BCUT2D eigenvalue weighted by Crippen LogP contribution is -2.10. The topological polar surface area (TPSA) is 64.7 Å². The van der Waals surface area contributed by atoms with Crippen molar-refractivity contribution in [2.24, 2.45) is 5.73 Å². The van der Waals surface area contributed by atoms with E-state index in [9.17, 15) is 0 Å². The Kier molecular flexibility index (Phi) is 3.99. The summed E-state index contributed by atoms with van der Waals surface area (Å²) in [5.41, 5.74) is 8.21. The maximum Gasteiger partial charge on any atom is 0.146 e. The van der Waals surface area contributed by atoms with E-state index in [1.54, 1.807) is 0 Å². The molecule has 18 heavy (non-hydrogen) atoms. The zero-order valence-corrected chi connectivity index (χ0v) is 10.8. The van der Waals surface area contributed by atoms with Crippen LogP contribution in [0, 0.1) is 13.8 Å². The summed E-state index contributed by atoms with van der Waals surface area (Å²) >= 11 is 0. The Hall–Kier alpha value is -1.81. The average Bonchev–Trinajstić information content (AvgIpc) is 2.37. The third-order valence-electron chi connectivity index (χ3n) is 2.90. The largest absolute Gasteiger partial charge is 0.324 e. The van der Waals surface area contributed by atoms with Crippen molar-refractivity contribution >= 4 is 0 Å². The molecule has 94 valence electrons. The highest BCUT2D eigenvalue weighted by Gasteiger charge is 2.04.